The van der Waals surface area contributed by atoms with Crippen molar-refractivity contribution in [3.63, 3.8) is 0 Å². The number of aromatic nitrogens is 2. The van der Waals surface area contributed by atoms with Gasteiger partial charge in [-0.2, -0.15) is 0 Å². The molecule has 0 aliphatic heterocycles. The lowest BCUT2D eigenvalue weighted by Gasteiger charge is -2.28. The summed E-state index contributed by atoms with van der Waals surface area (Å²) in [5.41, 5.74) is 0.596. The number of halogens is 1. The molecule has 0 saturated carbocycles. The van der Waals surface area contributed by atoms with Gasteiger partial charge in [-0.1, -0.05) is 25.4 Å². The fourth-order valence-corrected chi connectivity index (χ4v) is 2.02. The van der Waals surface area contributed by atoms with Crippen molar-refractivity contribution in [3.05, 3.63) is 17.0 Å². The molecule has 0 fully saturated rings. The largest absolute Gasteiger partial charge is 0.391 e. The summed E-state index contributed by atoms with van der Waals surface area (Å²) < 4.78 is 0. The lowest BCUT2D eigenvalue weighted by Crippen LogP contribution is -2.32. The van der Waals surface area contributed by atoms with Gasteiger partial charge in [-0.05, 0) is 12.8 Å². The zero-order chi connectivity index (χ0) is 12.1. The van der Waals surface area contributed by atoms with Crippen molar-refractivity contribution in [1.29, 1.82) is 0 Å². The minimum absolute atomic E-state index is 0.139. The summed E-state index contributed by atoms with van der Waals surface area (Å²) in [4.78, 5) is 10.1. The van der Waals surface area contributed by atoms with Crippen LogP contribution < -0.4 is 4.90 Å². The summed E-state index contributed by atoms with van der Waals surface area (Å²) in [5, 5.41) is 9.61. The smallest absolute Gasteiger partial charge is 0.140 e. The SMILES string of the molecule is CCC(CC)N(C)c1ncnc(Cl)c1CO. The van der Waals surface area contributed by atoms with E-state index < -0.39 is 0 Å². The summed E-state index contributed by atoms with van der Waals surface area (Å²) in [6, 6.07) is 0.399. The van der Waals surface area contributed by atoms with Crippen molar-refractivity contribution in [2.45, 2.75) is 39.3 Å². The van der Waals surface area contributed by atoms with Gasteiger partial charge in [0.15, 0.2) is 0 Å². The molecule has 4 nitrogen and oxygen atoms in total. The number of hydrogen-bond acceptors (Lipinski definition) is 4. The Morgan fingerprint density at radius 3 is 2.50 bits per heavy atom. The van der Waals surface area contributed by atoms with Crippen molar-refractivity contribution in [1.82, 2.24) is 9.97 Å². The van der Waals surface area contributed by atoms with Crippen LogP contribution in [-0.2, 0) is 6.61 Å². The van der Waals surface area contributed by atoms with Crippen molar-refractivity contribution >= 4 is 17.4 Å². The van der Waals surface area contributed by atoms with Gasteiger partial charge < -0.3 is 10.0 Å². The van der Waals surface area contributed by atoms with Gasteiger partial charge in [-0.3, -0.25) is 0 Å². The predicted octanol–water partition coefficient (Wildman–Crippen LogP) is 2.25. The highest BCUT2D eigenvalue weighted by atomic mass is 35.5. The Morgan fingerprint density at radius 1 is 1.38 bits per heavy atom. The minimum atomic E-state index is -0.139. The van der Waals surface area contributed by atoms with Crippen molar-refractivity contribution in [2.24, 2.45) is 0 Å². The van der Waals surface area contributed by atoms with Gasteiger partial charge in [0.2, 0.25) is 0 Å². The van der Waals surface area contributed by atoms with Gasteiger partial charge in [-0.25, -0.2) is 9.97 Å². The lowest BCUT2D eigenvalue weighted by atomic mass is 10.1. The van der Waals surface area contributed by atoms with E-state index in [4.69, 9.17) is 11.6 Å². The molecule has 1 heterocycles. The number of hydrogen-bond donors (Lipinski definition) is 1. The maximum atomic E-state index is 9.28. The number of aliphatic hydroxyl groups is 1. The molecule has 1 rings (SSSR count). The quantitative estimate of drug-likeness (QED) is 0.806. The average molecular weight is 244 g/mol. The maximum absolute atomic E-state index is 9.28. The number of anilines is 1. The highest BCUT2D eigenvalue weighted by molar-refractivity contribution is 6.30. The Kier molecular flexibility index (Phi) is 4.96. The second kappa shape index (κ2) is 6.01. The fourth-order valence-electron chi connectivity index (χ4n) is 1.83. The third kappa shape index (κ3) is 2.62. The van der Waals surface area contributed by atoms with Gasteiger partial charge in [-0.15, -0.1) is 0 Å². The lowest BCUT2D eigenvalue weighted by molar-refractivity contribution is 0.281. The van der Waals surface area contributed by atoms with Crippen LogP contribution >= 0.6 is 11.6 Å². The highest BCUT2D eigenvalue weighted by Gasteiger charge is 2.17. The molecule has 0 aromatic carbocycles. The summed E-state index contributed by atoms with van der Waals surface area (Å²) in [6.07, 6.45) is 3.48. The Labute approximate surface area is 101 Å². The Hall–Kier alpha value is -0.870. The second-order valence-electron chi connectivity index (χ2n) is 3.71. The second-order valence-corrected chi connectivity index (χ2v) is 4.06. The topological polar surface area (TPSA) is 49.2 Å². The minimum Gasteiger partial charge on any atom is -0.391 e. The number of aliphatic hydroxyl groups excluding tert-OH is 1. The van der Waals surface area contributed by atoms with Crippen LogP contribution in [0, 0.1) is 0 Å². The number of nitrogens with zero attached hydrogens (tertiary/aromatic N) is 3. The molecule has 0 spiro atoms. The Morgan fingerprint density at radius 2 is 2.00 bits per heavy atom. The van der Waals surface area contributed by atoms with Crippen LogP contribution in [0.15, 0.2) is 6.33 Å². The van der Waals surface area contributed by atoms with Gasteiger partial charge in [0.25, 0.3) is 0 Å². The molecule has 0 atom stereocenters. The molecule has 0 radical (unpaired) electrons. The summed E-state index contributed by atoms with van der Waals surface area (Å²) in [7, 11) is 1.97. The molecular formula is C11H18ClN3O. The van der Waals surface area contributed by atoms with Crippen molar-refractivity contribution in [3.8, 4) is 0 Å². The fraction of sp³-hybridized carbons (Fsp3) is 0.636. The maximum Gasteiger partial charge on any atom is 0.140 e. The molecule has 1 aromatic heterocycles. The van der Waals surface area contributed by atoms with Gasteiger partial charge in [0.1, 0.15) is 17.3 Å². The third-order valence-electron chi connectivity index (χ3n) is 2.85. The predicted molar refractivity (Wildman–Crippen MR) is 65.7 cm³/mol. The summed E-state index contributed by atoms with van der Waals surface area (Å²) in [5.74, 6) is 0.719. The molecule has 90 valence electrons. The first-order valence-electron chi connectivity index (χ1n) is 5.48. The monoisotopic (exact) mass is 243 g/mol. The van der Waals surface area contributed by atoms with Crippen LogP contribution in [0.1, 0.15) is 32.3 Å². The first kappa shape index (κ1) is 13.2. The van der Waals surface area contributed by atoms with Crippen molar-refractivity contribution in [2.75, 3.05) is 11.9 Å². The molecule has 1 N–H and O–H groups in total. The van der Waals surface area contributed by atoms with Crippen molar-refractivity contribution < 1.29 is 5.11 Å². The Bertz CT molecular complexity index is 342. The molecule has 0 aliphatic carbocycles. The molecule has 0 aliphatic rings. The van der Waals surface area contributed by atoms with Gasteiger partial charge in [0.05, 0.1) is 12.2 Å². The van der Waals surface area contributed by atoms with Gasteiger partial charge >= 0.3 is 0 Å². The van der Waals surface area contributed by atoms with E-state index in [0.29, 0.717) is 16.8 Å². The van der Waals surface area contributed by atoms with Gasteiger partial charge in [0, 0.05) is 13.1 Å². The van der Waals surface area contributed by atoms with E-state index in [1.165, 1.54) is 6.33 Å². The van der Waals surface area contributed by atoms with E-state index in [-0.39, 0.29) is 6.61 Å². The van der Waals surface area contributed by atoms with E-state index in [0.717, 1.165) is 18.7 Å². The molecule has 16 heavy (non-hydrogen) atoms. The molecule has 0 saturated heterocycles. The molecule has 1 aromatic rings. The van der Waals surface area contributed by atoms with Crippen LogP contribution in [0.2, 0.25) is 5.15 Å². The van der Waals surface area contributed by atoms with E-state index >= 15 is 0 Å². The molecule has 5 heteroatoms. The van der Waals surface area contributed by atoms with E-state index in [1.807, 2.05) is 7.05 Å². The van der Waals surface area contributed by atoms with E-state index in [1.54, 1.807) is 0 Å². The standard InChI is InChI=1S/C11H18ClN3O/c1-4-8(5-2)15(3)11-9(6-16)10(12)13-7-14-11/h7-8,16H,4-6H2,1-3H3. The van der Waals surface area contributed by atoms with Crippen LogP contribution in [-0.4, -0.2) is 28.2 Å². The zero-order valence-corrected chi connectivity index (χ0v) is 10.7. The normalized spacial score (nSPS) is 10.9. The van der Waals surface area contributed by atoms with E-state index in [9.17, 15) is 5.11 Å². The first-order chi connectivity index (χ1) is 7.65. The molecule has 0 bridgehead atoms. The van der Waals surface area contributed by atoms with E-state index in [2.05, 4.69) is 28.7 Å². The molecule has 0 unspecified atom stereocenters. The van der Waals surface area contributed by atoms with Crippen LogP contribution in [0.5, 0.6) is 0 Å². The summed E-state index contributed by atoms with van der Waals surface area (Å²) >= 11 is 5.93. The van der Waals surface area contributed by atoms with Crippen LogP contribution in [0.25, 0.3) is 0 Å². The molecule has 0 amide bonds. The third-order valence-corrected chi connectivity index (χ3v) is 3.18. The van der Waals surface area contributed by atoms with Crippen LogP contribution in [0.3, 0.4) is 0 Å². The number of rotatable bonds is 5. The molecular weight excluding hydrogens is 226 g/mol. The summed E-state index contributed by atoms with van der Waals surface area (Å²) in [6.45, 7) is 4.12. The van der Waals surface area contributed by atoms with Crippen LogP contribution in [0.4, 0.5) is 5.82 Å². The average Bonchev–Trinajstić information content (AvgIpc) is 2.30. The Balaban J connectivity index is 3.07. The first-order valence-corrected chi connectivity index (χ1v) is 5.86. The highest BCUT2D eigenvalue weighted by Crippen LogP contribution is 2.25. The zero-order valence-electron chi connectivity index (χ0n) is 9.94.